The maximum Gasteiger partial charge on any atom is 0.123 e. The minimum atomic E-state index is 0.202. The van der Waals surface area contributed by atoms with Crippen molar-refractivity contribution >= 4 is 15.9 Å². The fourth-order valence-electron chi connectivity index (χ4n) is 3.50. The quantitative estimate of drug-likeness (QED) is 0.869. The van der Waals surface area contributed by atoms with E-state index in [1.165, 1.54) is 31.2 Å². The lowest BCUT2D eigenvalue weighted by atomic mass is 9.85. The van der Waals surface area contributed by atoms with E-state index in [1.54, 1.807) is 7.11 Å². The summed E-state index contributed by atoms with van der Waals surface area (Å²) >= 11 is 3.56. The highest BCUT2D eigenvalue weighted by molar-refractivity contribution is 9.10. The minimum absolute atomic E-state index is 0.202. The molecule has 0 amide bonds. The van der Waals surface area contributed by atoms with E-state index in [2.05, 4.69) is 40.9 Å². The van der Waals surface area contributed by atoms with Crippen LogP contribution < -0.4 is 10.5 Å². The van der Waals surface area contributed by atoms with Crippen LogP contribution >= 0.6 is 15.9 Å². The van der Waals surface area contributed by atoms with Crippen LogP contribution in [0.15, 0.2) is 22.7 Å². The van der Waals surface area contributed by atoms with Crippen LogP contribution in [0.1, 0.15) is 44.2 Å². The topological polar surface area (TPSA) is 38.5 Å². The van der Waals surface area contributed by atoms with Gasteiger partial charge in [-0.05, 0) is 44.0 Å². The third kappa shape index (κ3) is 3.99. The number of hydrogen-bond donors (Lipinski definition) is 1. The molecule has 118 valence electrons. The molecule has 0 radical (unpaired) electrons. The monoisotopic (exact) mass is 354 g/mol. The average molecular weight is 355 g/mol. The Morgan fingerprint density at radius 2 is 2.19 bits per heavy atom. The second kappa shape index (κ2) is 7.61. The smallest absolute Gasteiger partial charge is 0.123 e. The van der Waals surface area contributed by atoms with E-state index >= 15 is 0 Å². The van der Waals surface area contributed by atoms with Crippen LogP contribution in [0.2, 0.25) is 0 Å². The highest BCUT2D eigenvalue weighted by atomic mass is 79.9. The largest absolute Gasteiger partial charge is 0.496 e. The van der Waals surface area contributed by atoms with Gasteiger partial charge >= 0.3 is 0 Å². The van der Waals surface area contributed by atoms with Crippen molar-refractivity contribution in [3.63, 3.8) is 0 Å². The molecule has 0 spiro atoms. The summed E-state index contributed by atoms with van der Waals surface area (Å²) in [6.07, 6.45) is 5.22. The Labute approximate surface area is 137 Å². The van der Waals surface area contributed by atoms with E-state index in [1.807, 2.05) is 12.1 Å². The first kappa shape index (κ1) is 16.8. The maximum absolute atomic E-state index is 6.11. The summed E-state index contributed by atoms with van der Waals surface area (Å²) in [7, 11) is 3.93. The molecule has 0 bridgehead atoms. The van der Waals surface area contributed by atoms with Crippen LogP contribution in [0.25, 0.3) is 0 Å². The van der Waals surface area contributed by atoms with Gasteiger partial charge in [-0.25, -0.2) is 0 Å². The number of nitrogens with two attached hydrogens (primary N) is 1. The molecule has 0 heterocycles. The van der Waals surface area contributed by atoms with Gasteiger partial charge in [0.15, 0.2) is 0 Å². The molecule has 21 heavy (non-hydrogen) atoms. The zero-order valence-corrected chi connectivity index (χ0v) is 14.9. The van der Waals surface area contributed by atoms with Crippen molar-refractivity contribution in [1.29, 1.82) is 0 Å². The van der Waals surface area contributed by atoms with E-state index in [4.69, 9.17) is 10.5 Å². The molecule has 3 atom stereocenters. The Kier molecular flexibility index (Phi) is 6.08. The maximum atomic E-state index is 6.11. The van der Waals surface area contributed by atoms with Gasteiger partial charge < -0.3 is 10.5 Å². The van der Waals surface area contributed by atoms with Gasteiger partial charge in [0.25, 0.3) is 0 Å². The van der Waals surface area contributed by atoms with Gasteiger partial charge in [0.2, 0.25) is 0 Å². The third-order valence-corrected chi connectivity index (χ3v) is 5.24. The zero-order valence-electron chi connectivity index (χ0n) is 13.3. The van der Waals surface area contributed by atoms with Crippen molar-refractivity contribution in [2.24, 2.45) is 11.7 Å². The van der Waals surface area contributed by atoms with Gasteiger partial charge in [-0.2, -0.15) is 0 Å². The van der Waals surface area contributed by atoms with Crippen LogP contribution in [-0.2, 0) is 0 Å². The molecule has 3 unspecified atom stereocenters. The number of ether oxygens (including phenoxy) is 1. The summed E-state index contributed by atoms with van der Waals surface area (Å²) in [6.45, 7) is 2.96. The van der Waals surface area contributed by atoms with Crippen molar-refractivity contribution in [1.82, 2.24) is 4.90 Å². The van der Waals surface area contributed by atoms with E-state index < -0.39 is 0 Å². The van der Waals surface area contributed by atoms with Crippen molar-refractivity contribution < 1.29 is 4.74 Å². The van der Waals surface area contributed by atoms with Crippen molar-refractivity contribution in [3.05, 3.63) is 28.2 Å². The van der Waals surface area contributed by atoms with Gasteiger partial charge in [-0.3, -0.25) is 4.90 Å². The van der Waals surface area contributed by atoms with Crippen molar-refractivity contribution in [3.8, 4) is 5.75 Å². The average Bonchev–Trinajstić information content (AvgIpc) is 2.48. The highest BCUT2D eigenvalue weighted by Gasteiger charge is 2.28. The van der Waals surface area contributed by atoms with Gasteiger partial charge in [0.05, 0.1) is 13.2 Å². The molecular weight excluding hydrogens is 328 g/mol. The molecule has 0 aromatic heterocycles. The molecule has 1 aliphatic rings. The molecule has 3 nitrogen and oxygen atoms in total. The molecule has 1 aromatic rings. The summed E-state index contributed by atoms with van der Waals surface area (Å²) in [5.41, 5.74) is 7.28. The summed E-state index contributed by atoms with van der Waals surface area (Å²) in [4.78, 5) is 2.46. The standard InChI is InChI=1S/C17H27BrN2O/c1-12-5-4-6-14(9-12)20(2)16(11-19)15-10-13(18)7-8-17(15)21-3/h7-8,10,12,14,16H,4-6,9,11,19H2,1-3H3. The van der Waals surface area contributed by atoms with Gasteiger partial charge in [-0.15, -0.1) is 0 Å². The van der Waals surface area contributed by atoms with Crippen molar-refractivity contribution in [2.45, 2.75) is 44.7 Å². The third-order valence-electron chi connectivity index (χ3n) is 4.75. The molecule has 0 saturated heterocycles. The molecule has 1 fully saturated rings. The molecule has 2 N–H and O–H groups in total. The number of hydrogen-bond acceptors (Lipinski definition) is 3. The summed E-state index contributed by atoms with van der Waals surface area (Å²) in [5, 5.41) is 0. The van der Waals surface area contributed by atoms with E-state index in [9.17, 15) is 0 Å². The first-order valence-corrected chi connectivity index (χ1v) is 8.61. The number of likely N-dealkylation sites (N-methyl/N-ethyl adjacent to an activating group) is 1. The Morgan fingerprint density at radius 1 is 1.43 bits per heavy atom. The van der Waals surface area contributed by atoms with Gasteiger partial charge in [0, 0.05) is 22.6 Å². The van der Waals surface area contributed by atoms with E-state index in [-0.39, 0.29) is 6.04 Å². The first-order valence-electron chi connectivity index (χ1n) is 7.82. The lowest BCUT2D eigenvalue weighted by Crippen LogP contribution is -2.41. The zero-order chi connectivity index (χ0) is 15.4. The second-order valence-corrected chi connectivity index (χ2v) is 7.14. The fraction of sp³-hybridized carbons (Fsp3) is 0.647. The SMILES string of the molecule is COc1ccc(Br)cc1C(CN)N(C)C1CCCC(C)C1. The second-order valence-electron chi connectivity index (χ2n) is 6.23. The predicted octanol–water partition coefficient (Wildman–Crippen LogP) is 3.97. The van der Waals surface area contributed by atoms with Crippen LogP contribution in [-0.4, -0.2) is 31.6 Å². The van der Waals surface area contributed by atoms with E-state index in [0.29, 0.717) is 12.6 Å². The normalized spacial score (nSPS) is 24.1. The van der Waals surface area contributed by atoms with Crippen LogP contribution in [0.5, 0.6) is 5.75 Å². The van der Waals surface area contributed by atoms with E-state index in [0.717, 1.165) is 16.1 Å². The number of benzene rings is 1. The summed E-state index contributed by atoms with van der Waals surface area (Å²) in [6, 6.07) is 6.98. The number of rotatable bonds is 5. The van der Waals surface area contributed by atoms with Gasteiger partial charge in [-0.1, -0.05) is 35.7 Å². The van der Waals surface area contributed by atoms with Crippen LogP contribution in [0, 0.1) is 5.92 Å². The number of nitrogens with zero attached hydrogens (tertiary/aromatic N) is 1. The molecule has 1 aliphatic carbocycles. The van der Waals surface area contributed by atoms with Crippen LogP contribution in [0.3, 0.4) is 0 Å². The fourth-order valence-corrected chi connectivity index (χ4v) is 3.88. The highest BCUT2D eigenvalue weighted by Crippen LogP contribution is 2.35. The first-order chi connectivity index (χ1) is 10.1. The molecule has 2 rings (SSSR count). The Hall–Kier alpha value is -0.580. The lowest BCUT2D eigenvalue weighted by Gasteiger charge is -2.39. The van der Waals surface area contributed by atoms with Crippen molar-refractivity contribution in [2.75, 3.05) is 20.7 Å². The Balaban J connectivity index is 2.24. The molecule has 4 heteroatoms. The van der Waals surface area contributed by atoms with Crippen LogP contribution in [0.4, 0.5) is 0 Å². The predicted molar refractivity (Wildman–Crippen MR) is 91.7 cm³/mol. The molecule has 0 aliphatic heterocycles. The summed E-state index contributed by atoms with van der Waals surface area (Å²) in [5.74, 6) is 1.73. The molecular formula is C17H27BrN2O. The number of halogens is 1. The number of methoxy groups -OCH3 is 1. The Bertz CT molecular complexity index is 466. The van der Waals surface area contributed by atoms with Gasteiger partial charge in [0.1, 0.15) is 5.75 Å². The minimum Gasteiger partial charge on any atom is -0.496 e. The molecule has 1 saturated carbocycles. The Morgan fingerprint density at radius 3 is 2.81 bits per heavy atom. The summed E-state index contributed by atoms with van der Waals surface area (Å²) < 4.78 is 6.61. The molecule has 1 aromatic carbocycles. The lowest BCUT2D eigenvalue weighted by molar-refractivity contribution is 0.119.